The largest absolute Gasteiger partial charge is 0.361 e. The van der Waals surface area contributed by atoms with Crippen LogP contribution in [0.5, 0.6) is 0 Å². The maximum absolute atomic E-state index is 4.32. The van der Waals surface area contributed by atoms with Gasteiger partial charge in [-0.2, -0.15) is 0 Å². The number of pyridine rings is 1. The first-order chi connectivity index (χ1) is 11.9. The summed E-state index contributed by atoms with van der Waals surface area (Å²) in [7, 11) is 0. The lowest BCUT2D eigenvalue weighted by atomic mass is 9.69. The maximum Gasteiger partial charge on any atom is 0.0454 e. The van der Waals surface area contributed by atoms with Gasteiger partial charge in [0, 0.05) is 36.1 Å². The van der Waals surface area contributed by atoms with Gasteiger partial charge in [0.2, 0.25) is 0 Å². The van der Waals surface area contributed by atoms with Crippen molar-refractivity contribution in [2.45, 2.75) is 31.2 Å². The van der Waals surface area contributed by atoms with Gasteiger partial charge in [-0.15, -0.1) is 0 Å². The Morgan fingerprint density at radius 3 is 2.88 bits per heavy atom. The first-order valence-corrected chi connectivity index (χ1v) is 9.08. The van der Waals surface area contributed by atoms with Crippen LogP contribution >= 0.6 is 0 Å². The third-order valence-corrected chi connectivity index (χ3v) is 6.10. The van der Waals surface area contributed by atoms with Gasteiger partial charge < -0.3 is 4.98 Å². The summed E-state index contributed by atoms with van der Waals surface area (Å²) in [4.78, 5) is 10.4. The van der Waals surface area contributed by atoms with Crippen LogP contribution in [-0.2, 0) is 6.42 Å². The van der Waals surface area contributed by atoms with E-state index in [1.165, 1.54) is 48.0 Å². The predicted octanol–water partition coefficient (Wildman–Crippen LogP) is 3.98. The average molecular weight is 317 g/mol. The number of fused-ring (bicyclic) bond motifs is 4. The fraction of sp³-hybridized carbons (Fsp3) is 0.381. The van der Waals surface area contributed by atoms with Gasteiger partial charge in [0.15, 0.2) is 0 Å². The zero-order valence-electron chi connectivity index (χ0n) is 13.9. The van der Waals surface area contributed by atoms with Crippen LogP contribution in [0.2, 0.25) is 0 Å². The van der Waals surface area contributed by atoms with Crippen molar-refractivity contribution < 1.29 is 0 Å². The highest BCUT2D eigenvalue weighted by atomic mass is 15.2. The first kappa shape index (κ1) is 14.2. The predicted molar refractivity (Wildman–Crippen MR) is 97.1 cm³/mol. The van der Waals surface area contributed by atoms with Crippen molar-refractivity contribution in [1.29, 1.82) is 0 Å². The Labute approximate surface area is 142 Å². The quantitative estimate of drug-likeness (QED) is 0.792. The zero-order valence-corrected chi connectivity index (χ0v) is 13.9. The fourth-order valence-electron chi connectivity index (χ4n) is 4.94. The number of piperidine rings is 3. The Morgan fingerprint density at radius 2 is 2.04 bits per heavy atom. The highest BCUT2D eigenvalue weighted by Gasteiger charge is 2.42. The van der Waals surface area contributed by atoms with Gasteiger partial charge in [-0.1, -0.05) is 12.1 Å². The van der Waals surface area contributed by atoms with E-state index in [-0.39, 0.29) is 0 Å². The number of hydrogen-bond acceptors (Lipinski definition) is 2. The number of hydrogen-bond donors (Lipinski definition) is 1. The van der Waals surface area contributed by atoms with E-state index < -0.39 is 0 Å². The van der Waals surface area contributed by atoms with Gasteiger partial charge in [0.1, 0.15) is 0 Å². The molecule has 3 aliphatic heterocycles. The minimum Gasteiger partial charge on any atom is -0.361 e. The number of aromatic amines is 1. The number of benzene rings is 1. The lowest BCUT2D eigenvalue weighted by Gasteiger charge is -2.51. The molecule has 0 spiro atoms. The smallest absolute Gasteiger partial charge is 0.0454 e. The second-order valence-corrected chi connectivity index (χ2v) is 7.36. The molecule has 1 aromatic carbocycles. The summed E-state index contributed by atoms with van der Waals surface area (Å²) in [6, 6.07) is 14.1. The molecule has 2 atom stereocenters. The van der Waals surface area contributed by atoms with Crippen LogP contribution in [0.15, 0.2) is 55.0 Å². The molecule has 2 unspecified atom stereocenters. The summed E-state index contributed by atoms with van der Waals surface area (Å²) in [6.07, 6.45) is 9.75. The molecular formula is C21H23N3. The van der Waals surface area contributed by atoms with Crippen molar-refractivity contribution in [2.75, 3.05) is 13.1 Å². The molecule has 2 aromatic heterocycles. The van der Waals surface area contributed by atoms with E-state index in [1.54, 1.807) is 0 Å². The lowest BCUT2D eigenvalue weighted by Crippen LogP contribution is -2.54. The van der Waals surface area contributed by atoms with Crippen LogP contribution in [0, 0.1) is 5.92 Å². The van der Waals surface area contributed by atoms with Crippen LogP contribution in [-0.4, -0.2) is 34.0 Å². The maximum atomic E-state index is 4.32. The highest BCUT2D eigenvalue weighted by Crippen LogP contribution is 2.44. The van der Waals surface area contributed by atoms with E-state index in [4.69, 9.17) is 0 Å². The SMILES string of the molecule is c1cncc(CC2C(c3ccc4[nH]ccc4c3)C3CCN2CC3)c1. The van der Waals surface area contributed by atoms with Crippen LogP contribution in [0.1, 0.15) is 29.9 Å². The second kappa shape index (κ2) is 5.75. The Bertz CT molecular complexity index is 830. The molecular weight excluding hydrogens is 294 g/mol. The molecule has 5 heterocycles. The average Bonchev–Trinajstić information content (AvgIpc) is 3.11. The third-order valence-electron chi connectivity index (χ3n) is 6.10. The van der Waals surface area contributed by atoms with Gasteiger partial charge in [0.25, 0.3) is 0 Å². The molecule has 3 aromatic rings. The fourth-order valence-corrected chi connectivity index (χ4v) is 4.94. The van der Waals surface area contributed by atoms with Crippen LogP contribution < -0.4 is 0 Å². The molecule has 3 fully saturated rings. The Morgan fingerprint density at radius 1 is 1.12 bits per heavy atom. The molecule has 3 saturated heterocycles. The summed E-state index contributed by atoms with van der Waals surface area (Å²) < 4.78 is 0. The molecule has 1 N–H and O–H groups in total. The van der Waals surface area contributed by atoms with E-state index in [9.17, 15) is 0 Å². The Balaban J connectivity index is 1.53. The number of nitrogens with one attached hydrogen (secondary N) is 1. The van der Waals surface area contributed by atoms with E-state index in [1.807, 2.05) is 18.6 Å². The molecule has 3 heteroatoms. The van der Waals surface area contributed by atoms with Crippen LogP contribution in [0.3, 0.4) is 0 Å². The van der Waals surface area contributed by atoms with Crippen molar-refractivity contribution in [3.8, 4) is 0 Å². The van der Waals surface area contributed by atoms with Crippen molar-refractivity contribution >= 4 is 10.9 Å². The Kier molecular flexibility index (Phi) is 3.41. The summed E-state index contributed by atoms with van der Waals surface area (Å²) in [5, 5.41) is 1.34. The molecule has 0 saturated carbocycles. The number of H-pyrrole nitrogens is 1. The molecule has 2 bridgehead atoms. The monoisotopic (exact) mass is 317 g/mol. The van der Waals surface area contributed by atoms with Crippen molar-refractivity contribution in [3.05, 3.63) is 66.1 Å². The highest BCUT2D eigenvalue weighted by molar-refractivity contribution is 5.80. The number of rotatable bonds is 3. The summed E-state index contributed by atoms with van der Waals surface area (Å²) in [6.45, 7) is 2.52. The van der Waals surface area contributed by atoms with Crippen LogP contribution in [0.4, 0.5) is 0 Å². The number of nitrogens with zero attached hydrogens (tertiary/aromatic N) is 2. The van der Waals surface area contributed by atoms with Crippen LogP contribution in [0.25, 0.3) is 10.9 Å². The van der Waals surface area contributed by atoms with E-state index in [2.05, 4.69) is 51.3 Å². The molecule has 6 rings (SSSR count). The van der Waals surface area contributed by atoms with Gasteiger partial charge in [0.05, 0.1) is 0 Å². The summed E-state index contributed by atoms with van der Waals surface area (Å²) in [5.74, 6) is 1.47. The molecule has 0 radical (unpaired) electrons. The van der Waals surface area contributed by atoms with Crippen molar-refractivity contribution in [2.24, 2.45) is 5.92 Å². The molecule has 3 nitrogen and oxygen atoms in total. The Hall–Kier alpha value is -2.13. The molecule has 0 amide bonds. The van der Waals surface area contributed by atoms with Crippen molar-refractivity contribution in [1.82, 2.24) is 14.9 Å². The van der Waals surface area contributed by atoms with Gasteiger partial charge >= 0.3 is 0 Å². The topological polar surface area (TPSA) is 31.9 Å². The van der Waals surface area contributed by atoms with Gasteiger partial charge in [-0.25, -0.2) is 0 Å². The minimum atomic E-state index is 0.609. The third kappa shape index (κ3) is 2.35. The first-order valence-electron chi connectivity index (χ1n) is 9.08. The summed E-state index contributed by atoms with van der Waals surface area (Å²) in [5.41, 5.74) is 4.12. The normalized spacial score (nSPS) is 29.2. The molecule has 0 aliphatic carbocycles. The number of aromatic nitrogens is 2. The van der Waals surface area contributed by atoms with E-state index in [0.29, 0.717) is 12.0 Å². The van der Waals surface area contributed by atoms with E-state index in [0.717, 1.165) is 12.3 Å². The molecule has 3 aliphatic rings. The molecule has 24 heavy (non-hydrogen) atoms. The van der Waals surface area contributed by atoms with E-state index >= 15 is 0 Å². The lowest BCUT2D eigenvalue weighted by molar-refractivity contribution is 0.0257. The summed E-state index contributed by atoms with van der Waals surface area (Å²) >= 11 is 0. The minimum absolute atomic E-state index is 0.609. The van der Waals surface area contributed by atoms with Gasteiger partial charge in [-0.3, -0.25) is 9.88 Å². The second-order valence-electron chi connectivity index (χ2n) is 7.36. The van der Waals surface area contributed by atoms with Gasteiger partial charge in [-0.05, 0) is 79.0 Å². The molecule has 122 valence electrons. The van der Waals surface area contributed by atoms with Crippen molar-refractivity contribution in [3.63, 3.8) is 0 Å². The zero-order chi connectivity index (χ0) is 15.9. The standard InChI is InChI=1S/C21H23N3/c1-2-15(14-22-8-1)12-20-21(16-6-10-24(20)11-7-16)18-3-4-19-17(13-18)5-9-23-19/h1-5,8-9,13-14,16,20-21,23H,6-7,10-12H2.